The van der Waals surface area contributed by atoms with E-state index in [-0.39, 0.29) is 0 Å². The van der Waals surface area contributed by atoms with Gasteiger partial charge >= 0.3 is 0 Å². The van der Waals surface area contributed by atoms with Gasteiger partial charge in [0, 0.05) is 11.3 Å². The van der Waals surface area contributed by atoms with E-state index in [9.17, 15) is 0 Å². The van der Waals surface area contributed by atoms with Crippen molar-refractivity contribution >= 4 is 0 Å². The van der Waals surface area contributed by atoms with Crippen LogP contribution in [0.25, 0.3) is 11.3 Å². The zero-order chi connectivity index (χ0) is 13.2. The van der Waals surface area contributed by atoms with Crippen LogP contribution in [0.3, 0.4) is 0 Å². The Bertz CT molecular complexity index is 569. The number of H-pyrrole nitrogens is 1. The smallest absolute Gasteiger partial charge is 0.121 e. The molecule has 0 aliphatic heterocycles. The highest BCUT2D eigenvalue weighted by atomic mass is 15.0. The van der Waals surface area contributed by atoms with Gasteiger partial charge in [0.05, 0.1) is 12.2 Å². The third kappa shape index (κ3) is 2.56. The fourth-order valence-electron chi connectivity index (χ4n) is 2.66. The largest absolute Gasteiger partial charge is 0.344 e. The summed E-state index contributed by atoms with van der Waals surface area (Å²) in [6.07, 6.45) is 2.19. The van der Waals surface area contributed by atoms with E-state index in [0.717, 1.165) is 37.4 Å². The third-order valence-electron chi connectivity index (χ3n) is 3.59. The number of hydrogen-bond acceptors (Lipinski definition) is 2. The number of imidazole rings is 1. The molecule has 3 rings (SSSR count). The summed E-state index contributed by atoms with van der Waals surface area (Å²) in [5, 5.41) is 3.44. The molecule has 0 bridgehead atoms. The van der Waals surface area contributed by atoms with Crippen LogP contribution in [0.15, 0.2) is 24.3 Å². The molecule has 1 aliphatic carbocycles. The molecule has 0 amide bonds. The van der Waals surface area contributed by atoms with Crippen molar-refractivity contribution < 1.29 is 0 Å². The van der Waals surface area contributed by atoms with Gasteiger partial charge in [0.2, 0.25) is 0 Å². The molecule has 0 saturated heterocycles. The summed E-state index contributed by atoms with van der Waals surface area (Å²) in [4.78, 5) is 8.25. The predicted molar refractivity (Wildman–Crippen MR) is 78.0 cm³/mol. The molecule has 2 N–H and O–H groups in total. The number of aromatic amines is 1. The number of fused-ring (bicyclic) bond motifs is 3. The zero-order valence-corrected chi connectivity index (χ0v) is 11.7. The zero-order valence-electron chi connectivity index (χ0n) is 11.7. The summed E-state index contributed by atoms with van der Waals surface area (Å²) in [6, 6.07) is 8.60. The first kappa shape index (κ1) is 12.4. The summed E-state index contributed by atoms with van der Waals surface area (Å²) < 4.78 is 0. The number of aromatic nitrogens is 2. The summed E-state index contributed by atoms with van der Waals surface area (Å²) in [5.41, 5.74) is 5.17. The Kier molecular flexibility index (Phi) is 3.38. The molecular weight excluding hydrogens is 234 g/mol. The molecule has 1 aromatic heterocycles. The molecule has 19 heavy (non-hydrogen) atoms. The lowest BCUT2D eigenvalue weighted by molar-refractivity contribution is 0.544. The van der Waals surface area contributed by atoms with Crippen LogP contribution < -0.4 is 5.32 Å². The van der Waals surface area contributed by atoms with E-state index in [1.807, 2.05) is 0 Å². The van der Waals surface area contributed by atoms with Gasteiger partial charge in [-0.3, -0.25) is 0 Å². The van der Waals surface area contributed by atoms with Crippen molar-refractivity contribution in [2.45, 2.75) is 33.2 Å². The van der Waals surface area contributed by atoms with Gasteiger partial charge in [0.1, 0.15) is 5.82 Å². The van der Waals surface area contributed by atoms with Gasteiger partial charge in [-0.2, -0.15) is 0 Å². The molecular formula is C16H21N3. The average molecular weight is 255 g/mol. The van der Waals surface area contributed by atoms with Crippen molar-refractivity contribution in [2.24, 2.45) is 5.92 Å². The molecule has 0 atom stereocenters. The number of rotatable bonds is 4. The Morgan fingerprint density at radius 1 is 1.26 bits per heavy atom. The Morgan fingerprint density at radius 2 is 2.11 bits per heavy atom. The number of benzene rings is 1. The van der Waals surface area contributed by atoms with E-state index in [1.165, 1.54) is 16.8 Å². The normalized spacial score (nSPS) is 13.4. The van der Waals surface area contributed by atoms with E-state index in [4.69, 9.17) is 4.98 Å². The minimum Gasteiger partial charge on any atom is -0.344 e. The lowest BCUT2D eigenvalue weighted by atomic mass is 9.93. The number of hydrogen-bond donors (Lipinski definition) is 2. The van der Waals surface area contributed by atoms with Gasteiger partial charge in [0.15, 0.2) is 0 Å². The van der Waals surface area contributed by atoms with Crippen LogP contribution in [0.2, 0.25) is 0 Å². The first-order valence-corrected chi connectivity index (χ1v) is 7.11. The highest BCUT2D eigenvalue weighted by Gasteiger charge is 2.19. The molecule has 0 radical (unpaired) electrons. The fraction of sp³-hybridized carbons (Fsp3) is 0.438. The van der Waals surface area contributed by atoms with Gasteiger partial charge in [0.25, 0.3) is 0 Å². The molecule has 0 spiro atoms. The monoisotopic (exact) mass is 255 g/mol. The molecule has 1 aromatic carbocycles. The second-order valence-corrected chi connectivity index (χ2v) is 5.69. The van der Waals surface area contributed by atoms with E-state index in [1.54, 1.807) is 0 Å². The standard InChI is InChI=1S/C16H21N3/c1-11(2)9-17-10-15-18-14-8-7-12-5-3-4-6-13(12)16(14)19-15/h3-6,11,17H,7-10H2,1-2H3,(H,18,19). The number of aryl methyl sites for hydroxylation is 2. The predicted octanol–water partition coefficient (Wildman–Crippen LogP) is 2.92. The second-order valence-electron chi connectivity index (χ2n) is 5.69. The minimum absolute atomic E-state index is 0.672. The van der Waals surface area contributed by atoms with E-state index < -0.39 is 0 Å². The Hall–Kier alpha value is -1.61. The van der Waals surface area contributed by atoms with Crippen LogP contribution in [0.1, 0.15) is 30.9 Å². The molecule has 0 fully saturated rings. The summed E-state index contributed by atoms with van der Waals surface area (Å²) in [6.45, 7) is 6.29. The van der Waals surface area contributed by atoms with Crippen molar-refractivity contribution in [3.63, 3.8) is 0 Å². The van der Waals surface area contributed by atoms with Crippen molar-refractivity contribution in [3.8, 4) is 11.3 Å². The van der Waals surface area contributed by atoms with Crippen LogP contribution in [-0.4, -0.2) is 16.5 Å². The van der Waals surface area contributed by atoms with Crippen LogP contribution in [0.5, 0.6) is 0 Å². The quantitative estimate of drug-likeness (QED) is 0.882. The highest BCUT2D eigenvalue weighted by Crippen LogP contribution is 2.31. The van der Waals surface area contributed by atoms with Gasteiger partial charge in [-0.25, -0.2) is 4.98 Å². The molecule has 0 unspecified atom stereocenters. The van der Waals surface area contributed by atoms with Crippen molar-refractivity contribution in [3.05, 3.63) is 41.3 Å². The van der Waals surface area contributed by atoms with Gasteiger partial charge in [-0.05, 0) is 30.9 Å². The summed E-state index contributed by atoms with van der Waals surface area (Å²) in [7, 11) is 0. The van der Waals surface area contributed by atoms with Crippen molar-refractivity contribution in [2.75, 3.05) is 6.54 Å². The molecule has 1 heterocycles. The van der Waals surface area contributed by atoms with E-state index >= 15 is 0 Å². The Morgan fingerprint density at radius 3 is 2.95 bits per heavy atom. The maximum absolute atomic E-state index is 4.77. The number of nitrogens with zero attached hydrogens (tertiary/aromatic N) is 1. The van der Waals surface area contributed by atoms with Gasteiger partial charge < -0.3 is 10.3 Å². The molecule has 3 nitrogen and oxygen atoms in total. The van der Waals surface area contributed by atoms with Crippen LogP contribution in [0, 0.1) is 5.92 Å². The lowest BCUT2D eigenvalue weighted by Gasteiger charge is -2.14. The average Bonchev–Trinajstić information content (AvgIpc) is 2.81. The molecule has 2 aromatic rings. The Balaban J connectivity index is 1.81. The summed E-state index contributed by atoms with van der Waals surface area (Å²) >= 11 is 0. The van der Waals surface area contributed by atoms with Crippen molar-refractivity contribution in [1.29, 1.82) is 0 Å². The van der Waals surface area contributed by atoms with Crippen LogP contribution in [-0.2, 0) is 19.4 Å². The first-order valence-electron chi connectivity index (χ1n) is 7.11. The topological polar surface area (TPSA) is 40.7 Å². The maximum atomic E-state index is 4.77. The second kappa shape index (κ2) is 5.17. The minimum atomic E-state index is 0.672. The molecule has 3 heteroatoms. The first-order chi connectivity index (χ1) is 9.24. The van der Waals surface area contributed by atoms with Crippen LogP contribution in [0.4, 0.5) is 0 Å². The van der Waals surface area contributed by atoms with E-state index in [0.29, 0.717) is 5.92 Å². The van der Waals surface area contributed by atoms with Crippen molar-refractivity contribution in [1.82, 2.24) is 15.3 Å². The molecule has 100 valence electrons. The van der Waals surface area contributed by atoms with Gasteiger partial charge in [-0.1, -0.05) is 38.1 Å². The highest BCUT2D eigenvalue weighted by molar-refractivity contribution is 5.68. The SMILES string of the molecule is CC(C)CNCc1nc2c([nH]1)CCc1ccccc1-2. The number of nitrogens with one attached hydrogen (secondary N) is 2. The molecule has 0 saturated carbocycles. The lowest BCUT2D eigenvalue weighted by Crippen LogP contribution is -2.19. The maximum Gasteiger partial charge on any atom is 0.121 e. The van der Waals surface area contributed by atoms with Crippen LogP contribution >= 0.6 is 0 Å². The van der Waals surface area contributed by atoms with E-state index in [2.05, 4.69) is 48.4 Å². The third-order valence-corrected chi connectivity index (χ3v) is 3.59. The fourth-order valence-corrected chi connectivity index (χ4v) is 2.66. The molecule has 1 aliphatic rings. The Labute approximate surface area is 114 Å². The summed E-state index contributed by atoms with van der Waals surface area (Å²) in [5.74, 6) is 1.73. The van der Waals surface area contributed by atoms with Gasteiger partial charge in [-0.15, -0.1) is 0 Å².